The Labute approximate surface area is 169 Å². The molecular weight excluding hydrogens is 401 g/mol. The van der Waals surface area contributed by atoms with Crippen LogP contribution in [0.5, 0.6) is 0 Å². The fourth-order valence-electron chi connectivity index (χ4n) is 2.75. The first kappa shape index (κ1) is 19.9. The molecule has 3 aromatic rings. The zero-order chi connectivity index (χ0) is 19.3. The lowest BCUT2D eigenvalue weighted by molar-refractivity contribution is 0.595. The number of halogens is 2. The summed E-state index contributed by atoms with van der Waals surface area (Å²) in [7, 11) is -3.64. The van der Waals surface area contributed by atoms with Gasteiger partial charge in [-0.1, -0.05) is 59.6 Å². The smallest absolute Gasteiger partial charge is 0.208 e. The fraction of sp³-hybridized carbons (Fsp3) is 0.143. The molecule has 0 aliphatic heterocycles. The molecule has 0 amide bonds. The molecule has 0 bridgehead atoms. The largest absolute Gasteiger partial charge is 0.312 e. The molecule has 0 unspecified atom stereocenters. The van der Waals surface area contributed by atoms with Crippen molar-refractivity contribution in [3.8, 4) is 0 Å². The molecule has 0 saturated heterocycles. The van der Waals surface area contributed by atoms with Gasteiger partial charge in [-0.05, 0) is 60.5 Å². The molecule has 0 fully saturated rings. The summed E-state index contributed by atoms with van der Waals surface area (Å²) in [6.07, 6.45) is 0.837. The van der Waals surface area contributed by atoms with Crippen molar-refractivity contribution in [1.82, 2.24) is 5.32 Å². The van der Waals surface area contributed by atoms with Crippen LogP contribution in [0.2, 0.25) is 10.0 Å². The Kier molecular flexibility index (Phi) is 6.55. The first-order valence-electron chi connectivity index (χ1n) is 8.50. The number of hydrogen-bond donors (Lipinski definition) is 1. The number of benzene rings is 3. The molecule has 0 aliphatic carbocycles. The number of rotatable bonds is 7. The Hall–Kier alpha value is -1.85. The van der Waals surface area contributed by atoms with Gasteiger partial charge in [-0.2, -0.15) is 0 Å². The van der Waals surface area contributed by atoms with Crippen molar-refractivity contribution in [2.45, 2.75) is 22.8 Å². The maximum atomic E-state index is 12.8. The van der Waals surface area contributed by atoms with Crippen molar-refractivity contribution in [2.24, 2.45) is 0 Å². The molecule has 0 heterocycles. The Morgan fingerprint density at radius 2 is 1.59 bits per heavy atom. The summed E-state index contributed by atoms with van der Waals surface area (Å²) >= 11 is 12.2. The molecule has 0 atom stereocenters. The van der Waals surface area contributed by atoms with Crippen molar-refractivity contribution in [2.75, 3.05) is 6.54 Å². The van der Waals surface area contributed by atoms with Gasteiger partial charge in [0.05, 0.1) is 14.8 Å². The van der Waals surface area contributed by atoms with Crippen molar-refractivity contribution in [3.63, 3.8) is 0 Å². The monoisotopic (exact) mass is 419 g/mol. The topological polar surface area (TPSA) is 46.2 Å². The first-order chi connectivity index (χ1) is 13.0. The van der Waals surface area contributed by atoms with E-state index in [4.69, 9.17) is 23.2 Å². The van der Waals surface area contributed by atoms with Crippen molar-refractivity contribution in [1.29, 1.82) is 0 Å². The molecular formula is C21H19Cl2NO2S. The highest BCUT2D eigenvalue weighted by molar-refractivity contribution is 7.91. The Morgan fingerprint density at radius 1 is 0.815 bits per heavy atom. The number of hydrogen-bond acceptors (Lipinski definition) is 3. The summed E-state index contributed by atoms with van der Waals surface area (Å²) in [5.74, 6) is 0. The van der Waals surface area contributed by atoms with Gasteiger partial charge in [0, 0.05) is 11.6 Å². The minimum absolute atomic E-state index is 0.129. The number of sulfone groups is 1. The van der Waals surface area contributed by atoms with Crippen LogP contribution in [-0.2, 0) is 22.8 Å². The molecule has 3 rings (SSSR count). The van der Waals surface area contributed by atoms with Gasteiger partial charge >= 0.3 is 0 Å². The summed E-state index contributed by atoms with van der Waals surface area (Å²) in [6, 6.07) is 21.2. The molecule has 3 nitrogen and oxygen atoms in total. The highest BCUT2D eigenvalue weighted by atomic mass is 35.5. The van der Waals surface area contributed by atoms with Crippen LogP contribution in [0.15, 0.2) is 82.6 Å². The molecule has 3 aromatic carbocycles. The van der Waals surface area contributed by atoms with Crippen molar-refractivity contribution in [3.05, 3.63) is 94.0 Å². The standard InChI is InChI=1S/C21H19Cl2NO2S/c22-18-6-4-5-16(13-18)11-12-24-15-17-9-10-20(23)21(14-17)27(25,26)19-7-2-1-3-8-19/h1-10,13-14,24H,11-12,15H2. The van der Waals surface area contributed by atoms with Gasteiger partial charge in [-0.25, -0.2) is 8.42 Å². The Balaban J connectivity index is 1.68. The van der Waals surface area contributed by atoms with E-state index in [1.165, 1.54) is 0 Å². The number of nitrogens with one attached hydrogen (secondary N) is 1. The van der Waals surface area contributed by atoms with E-state index in [0.717, 1.165) is 29.1 Å². The van der Waals surface area contributed by atoms with Crippen LogP contribution in [-0.4, -0.2) is 15.0 Å². The van der Waals surface area contributed by atoms with Gasteiger partial charge in [0.25, 0.3) is 0 Å². The van der Waals surface area contributed by atoms with E-state index in [1.807, 2.05) is 30.3 Å². The fourth-order valence-corrected chi connectivity index (χ4v) is 4.78. The van der Waals surface area contributed by atoms with Crippen LogP contribution in [0.25, 0.3) is 0 Å². The van der Waals surface area contributed by atoms with Crippen molar-refractivity contribution < 1.29 is 8.42 Å². The van der Waals surface area contributed by atoms with E-state index in [-0.39, 0.29) is 14.8 Å². The third kappa shape index (κ3) is 5.11. The predicted molar refractivity (Wildman–Crippen MR) is 110 cm³/mol. The average molecular weight is 420 g/mol. The van der Waals surface area contributed by atoms with Crippen LogP contribution in [0.4, 0.5) is 0 Å². The summed E-state index contributed by atoms with van der Waals surface area (Å²) in [6.45, 7) is 1.30. The van der Waals surface area contributed by atoms with E-state index in [2.05, 4.69) is 5.32 Å². The molecule has 0 radical (unpaired) electrons. The van der Waals surface area contributed by atoms with Crippen molar-refractivity contribution >= 4 is 33.0 Å². The van der Waals surface area contributed by atoms with Crippen LogP contribution in [0, 0.1) is 0 Å². The van der Waals surface area contributed by atoms with Crippen LogP contribution < -0.4 is 5.32 Å². The molecule has 140 valence electrons. The van der Waals surface area contributed by atoms with Gasteiger partial charge in [0.1, 0.15) is 0 Å². The van der Waals surface area contributed by atoms with Gasteiger partial charge < -0.3 is 5.32 Å². The summed E-state index contributed by atoms with van der Waals surface area (Å²) in [5, 5.41) is 4.27. The van der Waals surface area contributed by atoms with E-state index in [0.29, 0.717) is 6.54 Å². The minimum atomic E-state index is -3.64. The summed E-state index contributed by atoms with van der Waals surface area (Å²) < 4.78 is 25.7. The lowest BCUT2D eigenvalue weighted by atomic mass is 10.1. The second kappa shape index (κ2) is 8.89. The van der Waals surface area contributed by atoms with Crippen LogP contribution in [0.1, 0.15) is 11.1 Å². The molecule has 6 heteroatoms. The lowest BCUT2D eigenvalue weighted by Crippen LogP contribution is -2.17. The summed E-state index contributed by atoms with van der Waals surface area (Å²) in [4.78, 5) is 0.363. The zero-order valence-electron chi connectivity index (χ0n) is 14.5. The Morgan fingerprint density at radius 3 is 2.33 bits per heavy atom. The quantitative estimate of drug-likeness (QED) is 0.537. The molecule has 0 saturated carbocycles. The molecule has 0 spiro atoms. The van der Waals surface area contributed by atoms with Crippen LogP contribution >= 0.6 is 23.2 Å². The van der Waals surface area contributed by atoms with E-state index in [9.17, 15) is 8.42 Å². The zero-order valence-corrected chi connectivity index (χ0v) is 16.9. The molecule has 1 N–H and O–H groups in total. The van der Waals surface area contributed by atoms with Gasteiger partial charge in [0.2, 0.25) is 9.84 Å². The maximum absolute atomic E-state index is 12.8. The third-order valence-corrected chi connectivity index (χ3v) is 6.63. The van der Waals surface area contributed by atoms with Gasteiger partial charge in [0.15, 0.2) is 0 Å². The van der Waals surface area contributed by atoms with Gasteiger partial charge in [-0.15, -0.1) is 0 Å². The SMILES string of the molecule is O=S(=O)(c1ccccc1)c1cc(CNCCc2cccc(Cl)c2)ccc1Cl. The maximum Gasteiger partial charge on any atom is 0.208 e. The second-order valence-corrected chi connectivity index (χ2v) is 8.90. The predicted octanol–water partition coefficient (Wildman–Crippen LogP) is 5.16. The van der Waals surface area contributed by atoms with E-state index < -0.39 is 9.84 Å². The highest BCUT2D eigenvalue weighted by Crippen LogP contribution is 2.28. The summed E-state index contributed by atoms with van der Waals surface area (Å²) in [5.41, 5.74) is 2.01. The van der Waals surface area contributed by atoms with Gasteiger partial charge in [-0.3, -0.25) is 0 Å². The molecule has 0 aromatic heterocycles. The van der Waals surface area contributed by atoms with E-state index in [1.54, 1.807) is 42.5 Å². The third-order valence-electron chi connectivity index (χ3n) is 4.15. The van der Waals surface area contributed by atoms with E-state index >= 15 is 0 Å². The first-order valence-corrected chi connectivity index (χ1v) is 10.7. The lowest BCUT2D eigenvalue weighted by Gasteiger charge is -2.10. The average Bonchev–Trinajstić information content (AvgIpc) is 2.67. The normalized spacial score (nSPS) is 11.5. The molecule has 0 aliphatic rings. The Bertz CT molecular complexity index is 1020. The highest BCUT2D eigenvalue weighted by Gasteiger charge is 2.20. The molecule has 27 heavy (non-hydrogen) atoms. The second-order valence-electron chi connectivity index (χ2n) is 6.14. The minimum Gasteiger partial charge on any atom is -0.312 e. The van der Waals surface area contributed by atoms with Crippen LogP contribution in [0.3, 0.4) is 0 Å².